The molecule has 0 unspecified atom stereocenters. The van der Waals surface area contributed by atoms with E-state index in [1.165, 1.54) is 0 Å². The molecule has 0 aliphatic carbocycles. The first-order valence-electron chi connectivity index (χ1n) is 6.91. The zero-order chi connectivity index (χ0) is 14.3. The van der Waals surface area contributed by atoms with E-state index in [9.17, 15) is 9.59 Å². The van der Waals surface area contributed by atoms with Crippen LogP contribution in [0, 0.1) is 0 Å². The number of carbonyl (C=O) groups excluding carboxylic acids is 1. The molecule has 6 heteroatoms. The van der Waals surface area contributed by atoms with Crippen LogP contribution in [0.25, 0.3) is 0 Å². The minimum atomic E-state index is -0.780. The van der Waals surface area contributed by atoms with Gasteiger partial charge in [-0.15, -0.1) is 0 Å². The van der Waals surface area contributed by atoms with E-state index >= 15 is 0 Å². The highest BCUT2D eigenvalue weighted by Crippen LogP contribution is 2.13. The summed E-state index contributed by atoms with van der Waals surface area (Å²) in [7, 11) is 4.14. The lowest BCUT2D eigenvalue weighted by molar-refractivity contribution is -0.137. The van der Waals surface area contributed by atoms with Crippen molar-refractivity contribution in [1.82, 2.24) is 15.1 Å². The lowest BCUT2D eigenvalue weighted by Gasteiger charge is -2.35. The van der Waals surface area contributed by atoms with Gasteiger partial charge in [-0.3, -0.25) is 4.79 Å². The number of unbranched alkanes of at least 4 members (excludes halogenated alkanes) is 1. The number of urea groups is 1. The Morgan fingerprint density at radius 3 is 2.42 bits per heavy atom. The molecule has 1 aliphatic heterocycles. The van der Waals surface area contributed by atoms with Gasteiger partial charge in [0.25, 0.3) is 0 Å². The molecule has 19 heavy (non-hydrogen) atoms. The van der Waals surface area contributed by atoms with Gasteiger partial charge in [-0.25, -0.2) is 4.79 Å². The summed E-state index contributed by atoms with van der Waals surface area (Å²) >= 11 is 0. The molecule has 2 N–H and O–H groups in total. The van der Waals surface area contributed by atoms with Crippen LogP contribution in [-0.4, -0.2) is 66.7 Å². The summed E-state index contributed by atoms with van der Waals surface area (Å²) in [6.07, 6.45) is 3.52. The molecule has 0 bridgehead atoms. The van der Waals surface area contributed by atoms with E-state index in [0.29, 0.717) is 25.4 Å². The Morgan fingerprint density at radius 2 is 1.89 bits per heavy atom. The van der Waals surface area contributed by atoms with Gasteiger partial charge in [-0.2, -0.15) is 0 Å². The summed E-state index contributed by atoms with van der Waals surface area (Å²) in [5.41, 5.74) is 0. The van der Waals surface area contributed by atoms with E-state index in [1.54, 1.807) is 0 Å². The molecule has 1 saturated heterocycles. The summed E-state index contributed by atoms with van der Waals surface area (Å²) in [5.74, 6) is -0.780. The lowest BCUT2D eigenvalue weighted by Crippen LogP contribution is -2.48. The number of hydrogen-bond donors (Lipinski definition) is 2. The number of amides is 2. The molecule has 0 aromatic carbocycles. The molecule has 6 nitrogen and oxygen atoms in total. The Kier molecular flexibility index (Phi) is 6.62. The fourth-order valence-electron chi connectivity index (χ4n) is 2.29. The van der Waals surface area contributed by atoms with E-state index in [2.05, 4.69) is 24.3 Å². The van der Waals surface area contributed by atoms with Gasteiger partial charge in [0, 0.05) is 32.1 Å². The van der Waals surface area contributed by atoms with E-state index < -0.39 is 5.97 Å². The number of piperidine rings is 1. The Bertz CT molecular complexity index is 300. The van der Waals surface area contributed by atoms with Crippen molar-refractivity contribution in [3.63, 3.8) is 0 Å². The number of hydrogen-bond acceptors (Lipinski definition) is 3. The van der Waals surface area contributed by atoms with Gasteiger partial charge >= 0.3 is 12.0 Å². The number of aliphatic carboxylic acids is 1. The van der Waals surface area contributed by atoms with Crippen LogP contribution in [0.3, 0.4) is 0 Å². The highest BCUT2D eigenvalue weighted by molar-refractivity contribution is 5.74. The summed E-state index contributed by atoms with van der Waals surface area (Å²) in [6, 6.07) is 0.548. The van der Waals surface area contributed by atoms with Crippen molar-refractivity contribution in [2.75, 3.05) is 33.7 Å². The number of carboxylic acid groups (broad SMARTS) is 1. The third-order valence-corrected chi connectivity index (χ3v) is 3.58. The molecule has 0 radical (unpaired) electrons. The highest BCUT2D eigenvalue weighted by atomic mass is 16.4. The van der Waals surface area contributed by atoms with Crippen molar-refractivity contribution in [3.8, 4) is 0 Å². The first-order valence-corrected chi connectivity index (χ1v) is 6.91. The second-order valence-corrected chi connectivity index (χ2v) is 5.26. The first-order chi connectivity index (χ1) is 9.00. The maximum atomic E-state index is 11.9. The van der Waals surface area contributed by atoms with Crippen LogP contribution in [0.1, 0.15) is 32.1 Å². The summed E-state index contributed by atoms with van der Waals surface area (Å²) < 4.78 is 0. The molecule has 1 fully saturated rings. The van der Waals surface area contributed by atoms with Crippen LogP contribution in [-0.2, 0) is 4.79 Å². The number of carboxylic acids is 1. The van der Waals surface area contributed by atoms with Gasteiger partial charge in [-0.05, 0) is 39.8 Å². The van der Waals surface area contributed by atoms with Crippen molar-refractivity contribution >= 4 is 12.0 Å². The highest BCUT2D eigenvalue weighted by Gasteiger charge is 2.23. The van der Waals surface area contributed by atoms with Gasteiger partial charge in [0.15, 0.2) is 0 Å². The second-order valence-electron chi connectivity index (χ2n) is 5.26. The molecule has 1 heterocycles. The minimum absolute atomic E-state index is 0.0208. The van der Waals surface area contributed by atoms with Gasteiger partial charge in [0.1, 0.15) is 0 Å². The first kappa shape index (κ1) is 15.8. The standard InChI is InChI=1S/C13H25N3O3/c1-15(2)11-6-9-16(10-7-11)13(19)14-8-4-3-5-12(17)18/h11H,3-10H2,1-2H3,(H,14,19)(H,17,18). The van der Waals surface area contributed by atoms with Gasteiger partial charge < -0.3 is 20.2 Å². The fraction of sp³-hybridized carbons (Fsp3) is 0.846. The second kappa shape index (κ2) is 7.99. The number of carbonyl (C=O) groups is 2. The van der Waals surface area contributed by atoms with Crippen LogP contribution in [0.4, 0.5) is 4.79 Å². The minimum Gasteiger partial charge on any atom is -0.481 e. The molecule has 1 aliphatic rings. The molecular formula is C13H25N3O3. The van der Waals surface area contributed by atoms with Crippen molar-refractivity contribution in [2.24, 2.45) is 0 Å². The average Bonchev–Trinajstić information content (AvgIpc) is 2.37. The predicted molar refractivity (Wildman–Crippen MR) is 73.2 cm³/mol. The zero-order valence-electron chi connectivity index (χ0n) is 11.9. The monoisotopic (exact) mass is 271 g/mol. The molecule has 110 valence electrons. The Labute approximate surface area is 114 Å². The zero-order valence-corrected chi connectivity index (χ0v) is 11.9. The lowest BCUT2D eigenvalue weighted by atomic mass is 10.0. The Balaban J connectivity index is 2.12. The van der Waals surface area contributed by atoms with Crippen molar-refractivity contribution in [2.45, 2.75) is 38.1 Å². The van der Waals surface area contributed by atoms with Crippen molar-refractivity contribution in [3.05, 3.63) is 0 Å². The van der Waals surface area contributed by atoms with E-state index in [-0.39, 0.29) is 12.5 Å². The Hall–Kier alpha value is -1.30. The van der Waals surface area contributed by atoms with Gasteiger partial charge in [-0.1, -0.05) is 0 Å². The quantitative estimate of drug-likeness (QED) is 0.706. The molecular weight excluding hydrogens is 246 g/mol. The fourth-order valence-corrected chi connectivity index (χ4v) is 2.29. The predicted octanol–water partition coefficient (Wildman–Crippen LogP) is 0.977. The largest absolute Gasteiger partial charge is 0.481 e. The topological polar surface area (TPSA) is 72.9 Å². The van der Waals surface area contributed by atoms with E-state index in [1.807, 2.05) is 4.90 Å². The normalized spacial score (nSPS) is 16.7. The average molecular weight is 271 g/mol. The number of likely N-dealkylation sites (tertiary alicyclic amines) is 1. The van der Waals surface area contributed by atoms with E-state index in [0.717, 1.165) is 25.9 Å². The summed E-state index contributed by atoms with van der Waals surface area (Å²) in [6.45, 7) is 2.15. The molecule has 1 rings (SSSR count). The number of nitrogens with one attached hydrogen (secondary N) is 1. The van der Waals surface area contributed by atoms with Crippen LogP contribution >= 0.6 is 0 Å². The number of rotatable bonds is 6. The summed E-state index contributed by atoms with van der Waals surface area (Å²) in [4.78, 5) is 26.2. The SMILES string of the molecule is CN(C)C1CCN(C(=O)NCCCCC(=O)O)CC1. The van der Waals surface area contributed by atoms with Crippen LogP contribution in [0.15, 0.2) is 0 Å². The van der Waals surface area contributed by atoms with Crippen LogP contribution < -0.4 is 5.32 Å². The summed E-state index contributed by atoms with van der Waals surface area (Å²) in [5, 5.41) is 11.3. The maximum absolute atomic E-state index is 11.9. The molecule has 2 amide bonds. The third kappa shape index (κ3) is 5.92. The molecule has 0 spiro atoms. The van der Waals surface area contributed by atoms with Crippen LogP contribution in [0.2, 0.25) is 0 Å². The van der Waals surface area contributed by atoms with Gasteiger partial charge in [0.2, 0.25) is 0 Å². The van der Waals surface area contributed by atoms with E-state index in [4.69, 9.17) is 5.11 Å². The maximum Gasteiger partial charge on any atom is 0.317 e. The van der Waals surface area contributed by atoms with Crippen molar-refractivity contribution in [1.29, 1.82) is 0 Å². The molecule has 0 saturated carbocycles. The third-order valence-electron chi connectivity index (χ3n) is 3.58. The van der Waals surface area contributed by atoms with Gasteiger partial charge in [0.05, 0.1) is 0 Å². The molecule has 0 aromatic heterocycles. The van der Waals surface area contributed by atoms with Crippen molar-refractivity contribution < 1.29 is 14.7 Å². The molecule has 0 aromatic rings. The molecule has 0 atom stereocenters. The van der Waals surface area contributed by atoms with Crippen LogP contribution in [0.5, 0.6) is 0 Å². The smallest absolute Gasteiger partial charge is 0.317 e. The number of nitrogens with zero attached hydrogens (tertiary/aromatic N) is 2. The Morgan fingerprint density at radius 1 is 1.26 bits per heavy atom.